The number of nitrogens with one attached hydrogen (secondary N) is 1. The number of methoxy groups -OCH3 is 1. The van der Waals surface area contributed by atoms with Crippen LogP contribution in [-0.4, -0.2) is 24.4 Å². The van der Waals surface area contributed by atoms with Gasteiger partial charge in [0.2, 0.25) is 0 Å². The van der Waals surface area contributed by atoms with E-state index in [1.54, 1.807) is 7.11 Å². The summed E-state index contributed by atoms with van der Waals surface area (Å²) in [6.07, 6.45) is 5.81. The van der Waals surface area contributed by atoms with Gasteiger partial charge in [-0.3, -0.25) is 0 Å². The first-order valence-corrected chi connectivity index (χ1v) is 7.17. The van der Waals surface area contributed by atoms with Crippen molar-refractivity contribution in [1.29, 1.82) is 0 Å². The van der Waals surface area contributed by atoms with Crippen LogP contribution in [0.3, 0.4) is 0 Å². The van der Waals surface area contributed by atoms with Gasteiger partial charge in [0.25, 0.3) is 0 Å². The van der Waals surface area contributed by atoms with E-state index in [9.17, 15) is 5.11 Å². The number of aliphatic hydroxyl groups is 1. The van der Waals surface area contributed by atoms with Gasteiger partial charge in [-0.2, -0.15) is 0 Å². The van der Waals surface area contributed by atoms with Gasteiger partial charge in [0.05, 0.1) is 24.9 Å². The maximum Gasteiger partial charge on any atom is 0.141 e. The predicted octanol–water partition coefficient (Wildman–Crippen LogP) is 3.83. The lowest BCUT2D eigenvalue weighted by molar-refractivity contribution is 0.211. The summed E-state index contributed by atoms with van der Waals surface area (Å²) in [4.78, 5) is 0. The Hall–Kier alpha value is -1.22. The Morgan fingerprint density at radius 1 is 1.21 bits per heavy atom. The summed E-state index contributed by atoms with van der Waals surface area (Å²) in [5.41, 5.74) is 0.652. The average Bonchev–Trinajstić information content (AvgIpc) is 2.44. The van der Waals surface area contributed by atoms with Crippen LogP contribution in [0.15, 0.2) is 24.3 Å². The standard InChI is InChI=1S/C16H27NO2/c1-4-5-6-9-12-16(2,13-18)17-14-10-7-8-11-15(14)19-3/h7-8,10-11,17-18H,4-6,9,12-13H2,1-3H3. The minimum absolute atomic E-state index is 0.122. The van der Waals surface area contributed by atoms with Gasteiger partial charge in [0, 0.05) is 0 Å². The van der Waals surface area contributed by atoms with Crippen molar-refractivity contribution in [2.75, 3.05) is 19.0 Å². The highest BCUT2D eigenvalue weighted by Crippen LogP contribution is 2.28. The number of aliphatic hydroxyl groups excluding tert-OH is 1. The number of unbranched alkanes of at least 4 members (excludes halogenated alkanes) is 3. The zero-order valence-electron chi connectivity index (χ0n) is 12.4. The van der Waals surface area contributed by atoms with E-state index in [1.165, 1.54) is 19.3 Å². The molecule has 0 heterocycles. The molecule has 1 aromatic carbocycles. The molecule has 1 rings (SSSR count). The molecule has 108 valence electrons. The van der Waals surface area contributed by atoms with Gasteiger partial charge in [-0.1, -0.05) is 44.7 Å². The summed E-state index contributed by atoms with van der Waals surface area (Å²) in [7, 11) is 1.66. The second-order valence-corrected chi connectivity index (χ2v) is 5.35. The van der Waals surface area contributed by atoms with E-state index in [0.717, 1.165) is 24.3 Å². The Bertz CT molecular complexity index is 368. The van der Waals surface area contributed by atoms with Gasteiger partial charge < -0.3 is 15.2 Å². The van der Waals surface area contributed by atoms with Crippen LogP contribution in [0.5, 0.6) is 5.75 Å². The van der Waals surface area contributed by atoms with Crippen LogP contribution in [0.2, 0.25) is 0 Å². The molecule has 19 heavy (non-hydrogen) atoms. The maximum absolute atomic E-state index is 9.66. The van der Waals surface area contributed by atoms with Crippen LogP contribution in [0.4, 0.5) is 5.69 Å². The first-order valence-electron chi connectivity index (χ1n) is 7.17. The molecule has 0 spiro atoms. The number of hydrogen-bond donors (Lipinski definition) is 2. The molecule has 0 aliphatic carbocycles. The van der Waals surface area contributed by atoms with Gasteiger partial charge in [-0.15, -0.1) is 0 Å². The summed E-state index contributed by atoms with van der Waals surface area (Å²) >= 11 is 0. The third-order valence-corrected chi connectivity index (χ3v) is 3.47. The lowest BCUT2D eigenvalue weighted by Gasteiger charge is -2.30. The molecule has 0 aromatic heterocycles. The van der Waals surface area contributed by atoms with E-state index in [2.05, 4.69) is 19.2 Å². The Labute approximate surface area is 117 Å². The molecule has 0 aliphatic heterocycles. The first kappa shape index (κ1) is 15.8. The minimum atomic E-state index is -0.289. The normalized spacial score (nSPS) is 13.9. The fourth-order valence-electron chi connectivity index (χ4n) is 2.20. The summed E-state index contributed by atoms with van der Waals surface area (Å²) in [6.45, 7) is 4.39. The quantitative estimate of drug-likeness (QED) is 0.667. The van der Waals surface area contributed by atoms with Crippen molar-refractivity contribution in [2.45, 2.75) is 51.5 Å². The summed E-state index contributed by atoms with van der Waals surface area (Å²) in [5, 5.41) is 13.1. The SMILES string of the molecule is CCCCCCC(C)(CO)Nc1ccccc1OC. The molecule has 0 amide bonds. The molecule has 0 saturated heterocycles. The number of rotatable bonds is 9. The fraction of sp³-hybridized carbons (Fsp3) is 0.625. The number of benzene rings is 1. The zero-order chi connectivity index (χ0) is 14.1. The topological polar surface area (TPSA) is 41.5 Å². The molecule has 3 nitrogen and oxygen atoms in total. The maximum atomic E-state index is 9.66. The molecule has 0 fully saturated rings. The summed E-state index contributed by atoms with van der Waals surface area (Å²) in [6, 6.07) is 7.83. The van der Waals surface area contributed by atoms with Gasteiger partial charge in [-0.05, 0) is 25.5 Å². The van der Waals surface area contributed by atoms with E-state index in [4.69, 9.17) is 4.74 Å². The van der Waals surface area contributed by atoms with Crippen LogP contribution in [0.25, 0.3) is 0 Å². The fourth-order valence-corrected chi connectivity index (χ4v) is 2.20. The highest BCUT2D eigenvalue weighted by Gasteiger charge is 2.23. The van der Waals surface area contributed by atoms with Gasteiger partial charge in [0.1, 0.15) is 5.75 Å². The van der Waals surface area contributed by atoms with Crippen molar-refractivity contribution >= 4 is 5.69 Å². The second-order valence-electron chi connectivity index (χ2n) is 5.35. The van der Waals surface area contributed by atoms with E-state index in [1.807, 2.05) is 24.3 Å². The molecule has 3 heteroatoms. The van der Waals surface area contributed by atoms with Crippen molar-refractivity contribution in [2.24, 2.45) is 0 Å². The Kier molecular flexibility index (Phi) is 6.71. The number of ether oxygens (including phenoxy) is 1. The largest absolute Gasteiger partial charge is 0.495 e. The van der Waals surface area contributed by atoms with E-state index in [0.29, 0.717) is 0 Å². The molecule has 1 aromatic rings. The number of hydrogen-bond acceptors (Lipinski definition) is 3. The zero-order valence-corrected chi connectivity index (χ0v) is 12.4. The lowest BCUT2D eigenvalue weighted by atomic mass is 9.94. The third-order valence-electron chi connectivity index (χ3n) is 3.47. The van der Waals surface area contributed by atoms with Crippen LogP contribution in [-0.2, 0) is 0 Å². The average molecular weight is 265 g/mol. The van der Waals surface area contributed by atoms with Crippen molar-refractivity contribution in [3.63, 3.8) is 0 Å². The molecule has 0 bridgehead atoms. The van der Waals surface area contributed by atoms with E-state index in [-0.39, 0.29) is 12.1 Å². The Morgan fingerprint density at radius 3 is 2.58 bits per heavy atom. The molecule has 1 unspecified atom stereocenters. The monoisotopic (exact) mass is 265 g/mol. The minimum Gasteiger partial charge on any atom is -0.495 e. The molecule has 2 N–H and O–H groups in total. The molecular formula is C16H27NO2. The van der Waals surface area contributed by atoms with Crippen LogP contribution >= 0.6 is 0 Å². The van der Waals surface area contributed by atoms with Crippen LogP contribution in [0.1, 0.15) is 46.0 Å². The molecule has 0 radical (unpaired) electrons. The Balaban J connectivity index is 2.63. The molecule has 0 saturated carbocycles. The van der Waals surface area contributed by atoms with Crippen molar-refractivity contribution in [3.8, 4) is 5.75 Å². The molecule has 0 aliphatic rings. The van der Waals surface area contributed by atoms with Crippen LogP contribution in [0, 0.1) is 0 Å². The summed E-state index contributed by atoms with van der Waals surface area (Å²) < 4.78 is 5.33. The first-order chi connectivity index (χ1) is 9.15. The predicted molar refractivity (Wildman–Crippen MR) is 80.9 cm³/mol. The van der Waals surface area contributed by atoms with Crippen LogP contribution < -0.4 is 10.1 Å². The van der Waals surface area contributed by atoms with E-state index >= 15 is 0 Å². The van der Waals surface area contributed by atoms with Crippen molar-refractivity contribution < 1.29 is 9.84 Å². The highest BCUT2D eigenvalue weighted by atomic mass is 16.5. The van der Waals surface area contributed by atoms with Gasteiger partial charge in [0.15, 0.2) is 0 Å². The third kappa shape index (κ3) is 5.11. The number of para-hydroxylation sites is 2. The lowest BCUT2D eigenvalue weighted by Crippen LogP contribution is -2.38. The second kappa shape index (κ2) is 8.05. The smallest absolute Gasteiger partial charge is 0.141 e. The van der Waals surface area contributed by atoms with Crippen molar-refractivity contribution in [1.82, 2.24) is 0 Å². The highest BCUT2D eigenvalue weighted by molar-refractivity contribution is 5.57. The van der Waals surface area contributed by atoms with E-state index < -0.39 is 0 Å². The molecule has 1 atom stereocenters. The Morgan fingerprint density at radius 2 is 1.95 bits per heavy atom. The van der Waals surface area contributed by atoms with Gasteiger partial charge in [-0.25, -0.2) is 0 Å². The molecular weight excluding hydrogens is 238 g/mol. The van der Waals surface area contributed by atoms with Crippen molar-refractivity contribution in [3.05, 3.63) is 24.3 Å². The summed E-state index contributed by atoms with van der Waals surface area (Å²) in [5.74, 6) is 0.815. The van der Waals surface area contributed by atoms with Gasteiger partial charge >= 0.3 is 0 Å². The number of anilines is 1.